The summed E-state index contributed by atoms with van der Waals surface area (Å²) >= 11 is 0. The lowest BCUT2D eigenvalue weighted by Gasteiger charge is -2.16. The Morgan fingerprint density at radius 3 is 2.68 bits per heavy atom. The summed E-state index contributed by atoms with van der Waals surface area (Å²) in [5.41, 5.74) is 2.70. The van der Waals surface area contributed by atoms with Crippen LogP contribution in [-0.4, -0.2) is 43.4 Å². The zero-order valence-electron chi connectivity index (χ0n) is 21.1. The number of amides is 1. The van der Waals surface area contributed by atoms with Crippen LogP contribution in [0, 0.1) is 6.92 Å². The van der Waals surface area contributed by atoms with E-state index in [0.29, 0.717) is 11.3 Å². The Kier molecular flexibility index (Phi) is 3.78. The maximum Gasteiger partial charge on any atom is 0.257 e. The Bertz CT molecular complexity index is 1440. The van der Waals surface area contributed by atoms with Crippen LogP contribution < -0.4 is 10.2 Å². The maximum absolute atomic E-state index is 13.0. The fraction of sp³-hybridized carbons (Fsp3) is 0.261. The number of pyridine rings is 3. The highest BCUT2D eigenvalue weighted by Crippen LogP contribution is 2.24. The van der Waals surface area contributed by atoms with Crippen molar-refractivity contribution < 1.29 is 10.3 Å². The van der Waals surface area contributed by atoms with Gasteiger partial charge in [0.1, 0.15) is 17.5 Å². The number of hydrogen-bond donors (Lipinski definition) is 1. The Hall–Kier alpha value is -3.81. The molecule has 1 amide bonds. The lowest BCUT2D eigenvalue weighted by molar-refractivity contribution is 0.102. The third kappa shape index (κ3) is 3.72. The molecule has 4 aromatic heterocycles. The van der Waals surface area contributed by atoms with Crippen molar-refractivity contribution in [3.8, 4) is 11.3 Å². The predicted molar refractivity (Wildman–Crippen MR) is 120 cm³/mol. The first-order valence-corrected chi connectivity index (χ1v) is 9.87. The van der Waals surface area contributed by atoms with Gasteiger partial charge in [-0.25, -0.2) is 15.0 Å². The molecule has 0 aliphatic carbocycles. The van der Waals surface area contributed by atoms with Gasteiger partial charge in [-0.15, -0.1) is 0 Å². The van der Waals surface area contributed by atoms with Crippen LogP contribution in [0.1, 0.15) is 34.5 Å². The zero-order valence-corrected chi connectivity index (χ0v) is 17.1. The highest BCUT2D eigenvalue weighted by molar-refractivity contribution is 6.04. The smallest absolute Gasteiger partial charge is 0.257 e. The standard InChI is InChI=1S/C23H23N7O/c1-15-25-14-20(29(15)2)18-9-17-10-21(27-13-19(17)26-12-18)28-23(31)16-5-6-24-22(11-16)30-7-3-4-8-30/h5-6,9-14H,3-4,7-8H2,1-2H3,(H,27,28,31)/i7D2,8D2. The van der Waals surface area contributed by atoms with Gasteiger partial charge in [0, 0.05) is 54.4 Å². The first-order chi connectivity index (χ1) is 16.5. The molecule has 0 atom stereocenters. The normalized spacial score (nSPS) is 18.8. The van der Waals surface area contributed by atoms with Gasteiger partial charge in [-0.3, -0.25) is 9.78 Å². The number of rotatable bonds is 4. The van der Waals surface area contributed by atoms with E-state index < -0.39 is 18.9 Å². The van der Waals surface area contributed by atoms with E-state index in [9.17, 15) is 4.79 Å². The number of carbonyl (C=O) groups is 1. The number of fused-ring (bicyclic) bond motifs is 1. The summed E-state index contributed by atoms with van der Waals surface area (Å²) in [6.07, 6.45) is 6.56. The summed E-state index contributed by atoms with van der Waals surface area (Å²) in [4.78, 5) is 31.2. The van der Waals surface area contributed by atoms with Gasteiger partial charge in [0.15, 0.2) is 0 Å². The van der Waals surface area contributed by atoms with Crippen LogP contribution in [0.3, 0.4) is 0 Å². The molecule has 5 rings (SSSR count). The summed E-state index contributed by atoms with van der Waals surface area (Å²) < 4.78 is 34.6. The molecule has 1 N–H and O–H groups in total. The second kappa shape index (κ2) is 7.79. The molecule has 0 unspecified atom stereocenters. The maximum atomic E-state index is 13.0. The molecule has 8 heteroatoms. The van der Waals surface area contributed by atoms with Gasteiger partial charge in [0.05, 0.1) is 23.6 Å². The number of nitrogens with one attached hydrogen (secondary N) is 1. The summed E-state index contributed by atoms with van der Waals surface area (Å²) in [7, 11) is 1.93. The second-order valence-corrected chi connectivity index (χ2v) is 7.24. The van der Waals surface area contributed by atoms with Crippen LogP contribution in [0.5, 0.6) is 0 Å². The summed E-state index contributed by atoms with van der Waals surface area (Å²) in [6, 6.07) is 6.57. The van der Waals surface area contributed by atoms with Gasteiger partial charge in [-0.2, -0.15) is 0 Å². The van der Waals surface area contributed by atoms with E-state index in [4.69, 9.17) is 5.48 Å². The average Bonchev–Trinajstić information content (AvgIpc) is 3.26. The Labute approximate surface area is 185 Å². The Morgan fingerprint density at radius 2 is 1.90 bits per heavy atom. The molecule has 31 heavy (non-hydrogen) atoms. The van der Waals surface area contributed by atoms with Crippen LogP contribution in [0.2, 0.25) is 0 Å². The van der Waals surface area contributed by atoms with Crippen molar-refractivity contribution >= 4 is 28.4 Å². The SMILES string of the molecule is [2H]C1([2H])CCC([2H])([2H])N1c1cc(C(=O)Nc2cc3cc(-c4cnc(C)n4C)cnc3cn2)ccn1. The predicted octanol–water partition coefficient (Wildman–Crippen LogP) is 3.59. The first-order valence-electron chi connectivity index (χ1n) is 11.9. The van der Waals surface area contributed by atoms with Crippen molar-refractivity contribution in [2.45, 2.75) is 19.8 Å². The number of carbonyl (C=O) groups excluding carboxylic acids is 1. The van der Waals surface area contributed by atoms with Crippen molar-refractivity contribution in [3.63, 3.8) is 0 Å². The fourth-order valence-electron chi connectivity index (χ4n) is 3.43. The number of aryl methyl sites for hydroxylation is 1. The molecule has 0 aromatic carbocycles. The third-order valence-corrected chi connectivity index (χ3v) is 5.23. The van der Waals surface area contributed by atoms with E-state index in [0.717, 1.165) is 27.4 Å². The summed E-state index contributed by atoms with van der Waals surface area (Å²) in [5, 5.41) is 3.55. The molecular weight excluding hydrogens is 390 g/mol. The van der Waals surface area contributed by atoms with Gasteiger partial charge < -0.3 is 14.8 Å². The number of anilines is 2. The van der Waals surface area contributed by atoms with Gasteiger partial charge in [0.2, 0.25) is 0 Å². The van der Waals surface area contributed by atoms with Gasteiger partial charge in [0.25, 0.3) is 5.91 Å². The molecule has 1 aliphatic heterocycles. The summed E-state index contributed by atoms with van der Waals surface area (Å²) in [5.74, 6) is 0.812. The zero-order chi connectivity index (χ0) is 25.0. The minimum Gasteiger partial charge on any atom is -0.357 e. The van der Waals surface area contributed by atoms with Gasteiger partial charge in [-0.1, -0.05) is 0 Å². The number of nitrogens with zero attached hydrogens (tertiary/aromatic N) is 6. The van der Waals surface area contributed by atoms with E-state index in [2.05, 4.69) is 25.3 Å². The number of aromatic nitrogens is 5. The van der Waals surface area contributed by atoms with E-state index in [1.54, 1.807) is 24.7 Å². The third-order valence-electron chi connectivity index (χ3n) is 5.23. The molecule has 0 bridgehead atoms. The van der Waals surface area contributed by atoms with Crippen molar-refractivity contribution in [1.82, 2.24) is 24.5 Å². The van der Waals surface area contributed by atoms with Crippen LogP contribution >= 0.6 is 0 Å². The molecule has 0 radical (unpaired) electrons. The average molecular weight is 418 g/mol. The molecule has 156 valence electrons. The Balaban J connectivity index is 1.42. The second-order valence-electron chi connectivity index (χ2n) is 7.24. The number of hydrogen-bond acceptors (Lipinski definition) is 6. The monoisotopic (exact) mass is 417 g/mol. The minimum atomic E-state index is -1.90. The highest BCUT2D eigenvalue weighted by Gasteiger charge is 2.16. The summed E-state index contributed by atoms with van der Waals surface area (Å²) in [6.45, 7) is -1.88. The first kappa shape index (κ1) is 15.1. The molecule has 1 fully saturated rings. The van der Waals surface area contributed by atoms with E-state index >= 15 is 0 Å². The quantitative estimate of drug-likeness (QED) is 0.546. The minimum absolute atomic E-state index is 0.0352. The molecule has 1 aliphatic rings. The fourth-order valence-corrected chi connectivity index (χ4v) is 3.43. The van der Waals surface area contributed by atoms with Crippen LogP contribution in [0.25, 0.3) is 22.2 Å². The lowest BCUT2D eigenvalue weighted by atomic mass is 10.1. The largest absolute Gasteiger partial charge is 0.357 e. The van der Waals surface area contributed by atoms with Gasteiger partial charge in [-0.05, 0) is 44.0 Å². The molecule has 5 heterocycles. The number of imidazole rings is 1. The van der Waals surface area contributed by atoms with E-state index in [-0.39, 0.29) is 24.2 Å². The molecule has 1 saturated heterocycles. The van der Waals surface area contributed by atoms with Crippen molar-refractivity contribution in [2.75, 3.05) is 23.2 Å². The molecule has 8 nitrogen and oxygen atoms in total. The highest BCUT2D eigenvalue weighted by atomic mass is 16.1. The molecule has 4 aromatic rings. The van der Waals surface area contributed by atoms with Gasteiger partial charge >= 0.3 is 0 Å². The topological polar surface area (TPSA) is 88.8 Å². The van der Waals surface area contributed by atoms with Crippen molar-refractivity contribution in [1.29, 1.82) is 0 Å². The van der Waals surface area contributed by atoms with Crippen LogP contribution in [0.4, 0.5) is 11.6 Å². The molecular formula is C23H23N7O. The Morgan fingerprint density at radius 1 is 1.06 bits per heavy atom. The van der Waals surface area contributed by atoms with Crippen molar-refractivity contribution in [2.24, 2.45) is 7.05 Å². The molecule has 0 spiro atoms. The van der Waals surface area contributed by atoms with Crippen LogP contribution in [0.15, 0.2) is 49.1 Å². The van der Waals surface area contributed by atoms with E-state index in [1.807, 2.05) is 24.6 Å². The lowest BCUT2D eigenvalue weighted by Crippen LogP contribution is -2.20. The van der Waals surface area contributed by atoms with Crippen molar-refractivity contribution in [3.05, 3.63) is 60.4 Å². The van der Waals surface area contributed by atoms with E-state index in [1.165, 1.54) is 18.3 Å². The van der Waals surface area contributed by atoms with Crippen LogP contribution in [-0.2, 0) is 7.05 Å². The molecule has 0 saturated carbocycles.